The molecule has 1 aliphatic heterocycles. The van der Waals surface area contributed by atoms with E-state index in [0.29, 0.717) is 33.9 Å². The highest BCUT2D eigenvalue weighted by Gasteiger charge is 2.41. The number of hydrogen-bond donors (Lipinski definition) is 1. The second-order valence-electron chi connectivity index (χ2n) is 8.00. The van der Waals surface area contributed by atoms with Gasteiger partial charge >= 0.3 is 5.76 Å². The maximum absolute atomic E-state index is 11.9. The number of rotatable bonds is 4. The standard InChI is InChI=1S/C22H21Cl2N3O4/c1-12-25-27(22(29)30-12)14-2-4-16(5-3-14)31-21-18-8-13(23)9-19(24)17(18)10-20(21)26-7-6-15(28)11-26/h2-5,8-9,15,20-21,28H,6-7,10-11H2,1H3/t15-,20+,21+/m1/s1. The monoisotopic (exact) mass is 461 g/mol. The number of aliphatic hydroxyl groups is 1. The van der Waals surface area contributed by atoms with Crippen LogP contribution in [0.5, 0.6) is 5.75 Å². The number of nitrogens with zero attached hydrogens (tertiary/aromatic N) is 3. The molecule has 9 heteroatoms. The molecule has 0 amide bonds. The number of likely N-dealkylation sites (tertiary alicyclic amines) is 1. The number of aryl methyl sites for hydroxylation is 1. The minimum absolute atomic E-state index is 0.0450. The van der Waals surface area contributed by atoms with Crippen LogP contribution in [0.1, 0.15) is 29.5 Å². The Morgan fingerprint density at radius 3 is 2.65 bits per heavy atom. The summed E-state index contributed by atoms with van der Waals surface area (Å²) in [5, 5.41) is 15.3. The van der Waals surface area contributed by atoms with Gasteiger partial charge in [-0.3, -0.25) is 4.90 Å². The minimum atomic E-state index is -0.534. The topological polar surface area (TPSA) is 80.7 Å². The lowest BCUT2D eigenvalue weighted by atomic mass is 10.1. The molecule has 1 aromatic heterocycles. The second-order valence-corrected chi connectivity index (χ2v) is 8.84. The number of fused-ring (bicyclic) bond motifs is 1. The Labute approximate surface area is 188 Å². The van der Waals surface area contributed by atoms with Gasteiger partial charge in [0, 0.05) is 35.6 Å². The van der Waals surface area contributed by atoms with Gasteiger partial charge in [0.15, 0.2) is 0 Å². The molecule has 0 bridgehead atoms. The largest absolute Gasteiger partial charge is 0.484 e. The average molecular weight is 462 g/mol. The van der Waals surface area contributed by atoms with Crippen LogP contribution in [0.3, 0.4) is 0 Å². The van der Waals surface area contributed by atoms with Gasteiger partial charge in [0.1, 0.15) is 11.9 Å². The number of ether oxygens (including phenoxy) is 1. The number of aromatic nitrogens is 2. The van der Waals surface area contributed by atoms with Gasteiger partial charge in [-0.05, 0) is 54.8 Å². The highest BCUT2D eigenvalue weighted by atomic mass is 35.5. The molecule has 3 atom stereocenters. The SMILES string of the molecule is Cc1nn(-c2ccc(O[C@H]3c4cc(Cl)cc(Cl)c4C[C@@H]3N3CC[C@@H](O)C3)cc2)c(=O)o1. The summed E-state index contributed by atoms with van der Waals surface area (Å²) in [4.78, 5) is 14.1. The van der Waals surface area contributed by atoms with E-state index in [2.05, 4.69) is 10.00 Å². The van der Waals surface area contributed by atoms with Gasteiger partial charge in [-0.25, -0.2) is 4.79 Å². The molecule has 1 aliphatic carbocycles. The molecule has 162 valence electrons. The molecule has 2 aromatic carbocycles. The van der Waals surface area contributed by atoms with Crippen molar-refractivity contribution >= 4 is 23.2 Å². The summed E-state index contributed by atoms with van der Waals surface area (Å²) in [6, 6.07) is 10.8. The van der Waals surface area contributed by atoms with E-state index in [-0.39, 0.29) is 18.2 Å². The quantitative estimate of drug-likeness (QED) is 0.639. The first-order valence-electron chi connectivity index (χ1n) is 10.1. The van der Waals surface area contributed by atoms with Crippen LogP contribution in [0.4, 0.5) is 0 Å². The van der Waals surface area contributed by atoms with Gasteiger partial charge in [0.25, 0.3) is 0 Å². The van der Waals surface area contributed by atoms with Gasteiger partial charge in [-0.2, -0.15) is 4.68 Å². The van der Waals surface area contributed by atoms with Crippen LogP contribution in [-0.2, 0) is 6.42 Å². The molecule has 1 fully saturated rings. The Balaban J connectivity index is 1.45. The van der Waals surface area contributed by atoms with Crippen molar-refractivity contribution in [3.05, 3.63) is 74.0 Å². The first-order valence-corrected chi connectivity index (χ1v) is 10.9. The Kier molecular flexibility index (Phi) is 5.30. The van der Waals surface area contributed by atoms with Gasteiger partial charge in [0.2, 0.25) is 5.89 Å². The van der Waals surface area contributed by atoms with Crippen molar-refractivity contribution < 1.29 is 14.3 Å². The summed E-state index contributed by atoms with van der Waals surface area (Å²) in [7, 11) is 0. The van der Waals surface area contributed by atoms with E-state index in [4.69, 9.17) is 32.4 Å². The molecule has 0 spiro atoms. The fourth-order valence-corrected chi connectivity index (χ4v) is 5.08. The zero-order valence-corrected chi connectivity index (χ0v) is 18.3. The van der Waals surface area contributed by atoms with Crippen LogP contribution in [0, 0.1) is 6.92 Å². The van der Waals surface area contributed by atoms with E-state index < -0.39 is 5.76 Å². The fraction of sp³-hybridized carbons (Fsp3) is 0.364. The molecule has 3 aromatic rings. The van der Waals surface area contributed by atoms with Crippen molar-refractivity contribution in [2.75, 3.05) is 13.1 Å². The number of hydrogen-bond acceptors (Lipinski definition) is 6. The number of halogens is 2. The summed E-state index contributed by atoms with van der Waals surface area (Å²) in [6.45, 7) is 3.04. The number of β-amino-alcohol motifs (C(OH)–C–C–N with tert-alkyl or cyclic N) is 1. The first kappa shape index (κ1) is 20.6. The molecule has 5 rings (SSSR count). The third-order valence-corrected chi connectivity index (χ3v) is 6.48. The molecule has 7 nitrogen and oxygen atoms in total. The smallest absolute Gasteiger partial charge is 0.441 e. The average Bonchev–Trinajstić information content (AvgIpc) is 3.40. The van der Waals surface area contributed by atoms with E-state index in [1.54, 1.807) is 37.3 Å². The lowest BCUT2D eigenvalue weighted by Crippen LogP contribution is -2.39. The molecular formula is C22H21Cl2N3O4. The molecule has 2 aliphatic rings. The van der Waals surface area contributed by atoms with Crippen molar-refractivity contribution in [2.45, 2.75) is 38.0 Å². The number of benzene rings is 2. The normalized spacial score (nSPS) is 23.3. The Morgan fingerprint density at radius 1 is 1.23 bits per heavy atom. The van der Waals surface area contributed by atoms with Crippen LogP contribution < -0.4 is 10.5 Å². The Hall–Kier alpha value is -2.32. The van der Waals surface area contributed by atoms with Crippen molar-refractivity contribution in [3.63, 3.8) is 0 Å². The molecule has 0 unspecified atom stereocenters. The highest BCUT2D eigenvalue weighted by molar-refractivity contribution is 6.35. The summed E-state index contributed by atoms with van der Waals surface area (Å²) in [5.41, 5.74) is 2.59. The third kappa shape index (κ3) is 3.87. The lowest BCUT2D eigenvalue weighted by molar-refractivity contribution is 0.0818. The molecule has 0 radical (unpaired) electrons. The van der Waals surface area contributed by atoms with Crippen LogP contribution in [0.15, 0.2) is 45.6 Å². The van der Waals surface area contributed by atoms with Gasteiger partial charge < -0.3 is 14.3 Å². The van der Waals surface area contributed by atoms with Crippen molar-refractivity contribution in [3.8, 4) is 11.4 Å². The van der Waals surface area contributed by atoms with E-state index >= 15 is 0 Å². The molecule has 1 N–H and O–H groups in total. The summed E-state index contributed by atoms with van der Waals surface area (Å²) in [6.07, 6.45) is 0.870. The molecule has 2 heterocycles. The van der Waals surface area contributed by atoms with E-state index in [1.165, 1.54) is 4.68 Å². The lowest BCUT2D eigenvalue weighted by Gasteiger charge is -2.30. The van der Waals surface area contributed by atoms with Crippen LogP contribution in [0.2, 0.25) is 10.0 Å². The maximum Gasteiger partial charge on any atom is 0.441 e. The first-order chi connectivity index (χ1) is 14.9. The van der Waals surface area contributed by atoms with Crippen molar-refractivity contribution in [2.24, 2.45) is 0 Å². The molecule has 1 saturated heterocycles. The summed E-state index contributed by atoms with van der Waals surface area (Å²) in [5.74, 6) is 0.417. The Bertz CT molecular complexity index is 1170. The van der Waals surface area contributed by atoms with Crippen LogP contribution >= 0.6 is 23.2 Å². The van der Waals surface area contributed by atoms with E-state index in [0.717, 1.165) is 30.5 Å². The minimum Gasteiger partial charge on any atom is -0.484 e. The van der Waals surface area contributed by atoms with Gasteiger partial charge in [-0.15, -0.1) is 5.10 Å². The van der Waals surface area contributed by atoms with Gasteiger partial charge in [-0.1, -0.05) is 23.2 Å². The molecule has 31 heavy (non-hydrogen) atoms. The van der Waals surface area contributed by atoms with Crippen molar-refractivity contribution in [1.82, 2.24) is 14.7 Å². The second kappa shape index (κ2) is 7.98. The molecule has 0 saturated carbocycles. The predicted octanol–water partition coefficient (Wildman–Crippen LogP) is 3.55. The predicted molar refractivity (Wildman–Crippen MR) is 116 cm³/mol. The molecular weight excluding hydrogens is 441 g/mol. The zero-order chi connectivity index (χ0) is 21.7. The fourth-order valence-electron chi connectivity index (χ4n) is 4.50. The van der Waals surface area contributed by atoms with Crippen LogP contribution in [-0.4, -0.2) is 45.0 Å². The third-order valence-electron chi connectivity index (χ3n) is 5.92. The zero-order valence-electron chi connectivity index (χ0n) is 16.8. The van der Waals surface area contributed by atoms with Crippen molar-refractivity contribution in [1.29, 1.82) is 0 Å². The summed E-state index contributed by atoms with van der Waals surface area (Å²) < 4.78 is 12.6. The van der Waals surface area contributed by atoms with E-state index in [9.17, 15) is 9.90 Å². The Morgan fingerprint density at radius 2 is 2.00 bits per heavy atom. The summed E-state index contributed by atoms with van der Waals surface area (Å²) >= 11 is 12.8. The number of aliphatic hydroxyl groups excluding tert-OH is 1. The van der Waals surface area contributed by atoms with Crippen LogP contribution in [0.25, 0.3) is 5.69 Å². The van der Waals surface area contributed by atoms with E-state index in [1.807, 2.05) is 6.07 Å². The highest BCUT2D eigenvalue weighted by Crippen LogP contribution is 2.43. The van der Waals surface area contributed by atoms with Gasteiger partial charge in [0.05, 0.1) is 17.8 Å². The maximum atomic E-state index is 11.9.